The number of hydrogen-bond donors (Lipinski definition) is 1. The largest absolute Gasteiger partial charge is 0.405 e. The van der Waals surface area contributed by atoms with Gasteiger partial charge < -0.3 is 0 Å². The van der Waals surface area contributed by atoms with Crippen LogP contribution in [-0.2, 0) is 11.2 Å². The number of nitro benzene ring substituents is 1. The van der Waals surface area contributed by atoms with Gasteiger partial charge in [-0.3, -0.25) is 20.3 Å². The van der Waals surface area contributed by atoms with Crippen LogP contribution in [0.25, 0.3) is 0 Å². The van der Waals surface area contributed by atoms with E-state index in [2.05, 4.69) is 5.43 Å². The predicted molar refractivity (Wildman–Crippen MR) is 75.3 cm³/mol. The third-order valence-corrected chi connectivity index (χ3v) is 3.69. The Morgan fingerprint density at radius 3 is 2.43 bits per heavy atom. The number of hydrogen-bond acceptors (Lipinski definition) is 4. The fraction of sp³-hybridized carbons (Fsp3) is 0.500. The topological polar surface area (TPSA) is 75.5 Å². The van der Waals surface area contributed by atoms with E-state index in [4.69, 9.17) is 0 Å². The SMILES string of the molecule is O=C1CCN(C(CCCc2ccc([N+](=O)[O-])cc2)C(F)(F)F)N1. The van der Waals surface area contributed by atoms with E-state index in [0.717, 1.165) is 10.6 Å². The monoisotopic (exact) mass is 331 g/mol. The maximum atomic E-state index is 13.1. The minimum atomic E-state index is -4.42. The summed E-state index contributed by atoms with van der Waals surface area (Å²) in [6.07, 6.45) is -3.87. The number of aryl methyl sites for hydroxylation is 1. The lowest BCUT2D eigenvalue weighted by Gasteiger charge is -2.28. The van der Waals surface area contributed by atoms with Crippen molar-refractivity contribution in [3.05, 3.63) is 39.9 Å². The highest BCUT2D eigenvalue weighted by atomic mass is 19.4. The molecule has 1 aliphatic rings. The summed E-state index contributed by atoms with van der Waals surface area (Å²) in [4.78, 5) is 21.1. The van der Waals surface area contributed by atoms with Crippen LogP contribution in [0.3, 0.4) is 0 Å². The summed E-state index contributed by atoms with van der Waals surface area (Å²) in [5.74, 6) is -0.408. The molecule has 1 unspecified atom stereocenters. The normalized spacial score (nSPS) is 17.1. The quantitative estimate of drug-likeness (QED) is 0.642. The smallest absolute Gasteiger partial charge is 0.288 e. The van der Waals surface area contributed by atoms with Gasteiger partial charge in [0.1, 0.15) is 6.04 Å². The molecule has 1 amide bonds. The number of nitro groups is 1. The van der Waals surface area contributed by atoms with E-state index >= 15 is 0 Å². The van der Waals surface area contributed by atoms with E-state index in [9.17, 15) is 28.1 Å². The first-order valence-electron chi connectivity index (χ1n) is 7.13. The van der Waals surface area contributed by atoms with E-state index in [0.29, 0.717) is 6.42 Å². The van der Waals surface area contributed by atoms with Crippen LogP contribution in [-0.4, -0.2) is 34.6 Å². The number of rotatable bonds is 6. The number of benzene rings is 1. The fourth-order valence-corrected chi connectivity index (χ4v) is 2.51. The zero-order valence-electron chi connectivity index (χ0n) is 12.2. The second-order valence-corrected chi connectivity index (χ2v) is 5.35. The van der Waals surface area contributed by atoms with Crippen molar-refractivity contribution >= 4 is 11.6 Å². The second-order valence-electron chi connectivity index (χ2n) is 5.35. The highest BCUT2D eigenvalue weighted by Gasteiger charge is 2.45. The lowest BCUT2D eigenvalue weighted by molar-refractivity contribution is -0.384. The van der Waals surface area contributed by atoms with Crippen molar-refractivity contribution in [1.29, 1.82) is 0 Å². The average molecular weight is 331 g/mol. The number of alkyl halides is 3. The Morgan fingerprint density at radius 1 is 1.30 bits per heavy atom. The molecular weight excluding hydrogens is 315 g/mol. The first-order chi connectivity index (χ1) is 10.8. The molecular formula is C14H16F3N3O3. The van der Waals surface area contributed by atoms with Crippen LogP contribution in [0.1, 0.15) is 24.8 Å². The van der Waals surface area contributed by atoms with Crippen LogP contribution in [0, 0.1) is 10.1 Å². The Balaban J connectivity index is 1.91. The molecule has 1 atom stereocenters. The molecule has 1 heterocycles. The minimum absolute atomic E-state index is 0.0422. The lowest BCUT2D eigenvalue weighted by Crippen LogP contribution is -2.49. The van der Waals surface area contributed by atoms with Gasteiger partial charge in [-0.1, -0.05) is 12.1 Å². The van der Waals surface area contributed by atoms with Gasteiger partial charge in [-0.15, -0.1) is 0 Å². The van der Waals surface area contributed by atoms with Crippen molar-refractivity contribution in [2.24, 2.45) is 0 Å². The molecule has 0 aliphatic carbocycles. The van der Waals surface area contributed by atoms with Crippen molar-refractivity contribution in [1.82, 2.24) is 10.4 Å². The van der Waals surface area contributed by atoms with Gasteiger partial charge in [0.05, 0.1) is 4.92 Å². The zero-order valence-corrected chi connectivity index (χ0v) is 12.2. The number of non-ortho nitro benzene ring substituents is 1. The molecule has 23 heavy (non-hydrogen) atoms. The lowest BCUT2D eigenvalue weighted by atomic mass is 10.0. The molecule has 6 nitrogen and oxygen atoms in total. The summed E-state index contributed by atoms with van der Waals surface area (Å²) >= 11 is 0. The highest BCUT2D eigenvalue weighted by molar-refractivity contribution is 5.77. The van der Waals surface area contributed by atoms with Crippen LogP contribution in [0.2, 0.25) is 0 Å². The van der Waals surface area contributed by atoms with Gasteiger partial charge in [0, 0.05) is 25.1 Å². The maximum absolute atomic E-state index is 13.1. The molecule has 2 rings (SSSR count). The fourth-order valence-electron chi connectivity index (χ4n) is 2.51. The number of amides is 1. The number of carbonyl (C=O) groups is 1. The number of carbonyl (C=O) groups excluding carboxylic acids is 1. The summed E-state index contributed by atoms with van der Waals surface area (Å²) in [5, 5.41) is 11.5. The van der Waals surface area contributed by atoms with Crippen molar-refractivity contribution in [3.63, 3.8) is 0 Å². The van der Waals surface area contributed by atoms with Gasteiger partial charge >= 0.3 is 6.18 Å². The molecule has 1 fully saturated rings. The van der Waals surface area contributed by atoms with Gasteiger partial charge in [0.25, 0.3) is 5.69 Å². The first kappa shape index (κ1) is 17.2. The molecule has 0 spiro atoms. The van der Waals surface area contributed by atoms with Crippen LogP contribution >= 0.6 is 0 Å². The highest BCUT2D eigenvalue weighted by Crippen LogP contribution is 2.29. The van der Waals surface area contributed by atoms with E-state index < -0.39 is 23.0 Å². The molecule has 9 heteroatoms. The van der Waals surface area contributed by atoms with Crippen molar-refractivity contribution in [3.8, 4) is 0 Å². The van der Waals surface area contributed by atoms with Gasteiger partial charge in [-0.2, -0.15) is 13.2 Å². The summed E-state index contributed by atoms with van der Waals surface area (Å²) in [7, 11) is 0. The summed E-state index contributed by atoms with van der Waals surface area (Å²) in [6.45, 7) is 0.0422. The van der Waals surface area contributed by atoms with Crippen LogP contribution in [0.5, 0.6) is 0 Å². The summed E-state index contributed by atoms with van der Waals surface area (Å²) in [5.41, 5.74) is 2.91. The Labute approximate surface area is 130 Å². The van der Waals surface area contributed by atoms with Crippen molar-refractivity contribution < 1.29 is 22.9 Å². The minimum Gasteiger partial charge on any atom is -0.288 e. The van der Waals surface area contributed by atoms with Gasteiger partial charge in [0.2, 0.25) is 5.91 Å². The molecule has 1 saturated heterocycles. The van der Waals surface area contributed by atoms with Crippen LogP contribution < -0.4 is 5.43 Å². The first-order valence-corrected chi connectivity index (χ1v) is 7.13. The molecule has 1 aliphatic heterocycles. The molecule has 0 radical (unpaired) electrons. The molecule has 126 valence electrons. The maximum Gasteiger partial charge on any atom is 0.405 e. The van der Waals surface area contributed by atoms with E-state index in [1.165, 1.54) is 12.1 Å². The Bertz CT molecular complexity index is 575. The van der Waals surface area contributed by atoms with E-state index in [-0.39, 0.29) is 31.5 Å². The van der Waals surface area contributed by atoms with Crippen molar-refractivity contribution in [2.75, 3.05) is 6.54 Å². The molecule has 1 aromatic carbocycles. The third-order valence-electron chi connectivity index (χ3n) is 3.69. The molecule has 1 aromatic rings. The number of halogens is 3. The molecule has 0 aromatic heterocycles. The standard InChI is InChI=1S/C14H16F3N3O3/c15-14(16,17)12(19-9-8-13(21)18-19)3-1-2-10-4-6-11(7-5-10)20(22)23/h4-7,12H,1-3,8-9H2,(H,18,21). The summed E-state index contributed by atoms with van der Waals surface area (Å²) < 4.78 is 39.3. The molecule has 0 bridgehead atoms. The van der Waals surface area contributed by atoms with Crippen molar-refractivity contribution in [2.45, 2.75) is 37.9 Å². The number of nitrogens with zero attached hydrogens (tertiary/aromatic N) is 2. The third kappa shape index (κ3) is 4.65. The average Bonchev–Trinajstić information content (AvgIpc) is 2.88. The number of hydrazine groups is 1. The van der Waals surface area contributed by atoms with Crippen LogP contribution in [0.4, 0.5) is 18.9 Å². The van der Waals surface area contributed by atoms with Gasteiger partial charge in [-0.05, 0) is 24.8 Å². The van der Waals surface area contributed by atoms with E-state index in [1.807, 2.05) is 0 Å². The zero-order chi connectivity index (χ0) is 17.0. The van der Waals surface area contributed by atoms with Gasteiger partial charge in [-0.25, -0.2) is 5.01 Å². The summed E-state index contributed by atoms with van der Waals surface area (Å²) in [6, 6.07) is 4.03. The van der Waals surface area contributed by atoms with Crippen LogP contribution in [0.15, 0.2) is 24.3 Å². The van der Waals surface area contributed by atoms with Gasteiger partial charge in [0.15, 0.2) is 0 Å². The Morgan fingerprint density at radius 2 is 1.96 bits per heavy atom. The molecule has 1 N–H and O–H groups in total. The number of nitrogens with one attached hydrogen (secondary N) is 1. The van der Waals surface area contributed by atoms with E-state index in [1.54, 1.807) is 12.1 Å². The predicted octanol–water partition coefficient (Wildman–Crippen LogP) is 2.59. The Hall–Kier alpha value is -2.16. The second kappa shape index (κ2) is 6.95. The Kier molecular flexibility index (Phi) is 5.19. The molecule has 0 saturated carbocycles.